The van der Waals surface area contributed by atoms with E-state index in [4.69, 9.17) is 4.99 Å². The second-order valence-corrected chi connectivity index (χ2v) is 8.34. The molecule has 0 bridgehead atoms. The molecular weight excluding hydrogens is 352 g/mol. The van der Waals surface area contributed by atoms with Crippen LogP contribution in [0.2, 0.25) is 0 Å². The van der Waals surface area contributed by atoms with Crippen molar-refractivity contribution in [1.82, 2.24) is 14.8 Å². The van der Waals surface area contributed by atoms with E-state index < -0.39 is 0 Å². The Bertz CT molecular complexity index is 980. The van der Waals surface area contributed by atoms with Crippen molar-refractivity contribution in [2.24, 2.45) is 4.99 Å². The van der Waals surface area contributed by atoms with Crippen molar-refractivity contribution in [1.29, 1.82) is 0 Å². The van der Waals surface area contributed by atoms with Crippen LogP contribution in [0.1, 0.15) is 65.8 Å². The van der Waals surface area contributed by atoms with Gasteiger partial charge in [-0.05, 0) is 38.3 Å². The van der Waals surface area contributed by atoms with Crippen LogP contribution in [0.25, 0.3) is 5.00 Å². The fraction of sp³-hybridized carbons (Fsp3) is 0.409. The number of aryl methyl sites for hydroxylation is 3. The standard InChI is InChI=1S/C22H26N4S/c1-4-5-6-7-11-17-13-19-21(18-12-9-8-10-15(18)2)23-14-20-25-24-16(3)26(20)22(19)27-17/h8-10,12-13H,4-7,11,14H2,1-3H3. The number of nitrogens with zero attached hydrogens (tertiary/aromatic N) is 4. The van der Waals surface area contributed by atoms with E-state index in [1.165, 1.54) is 52.3 Å². The first-order valence-corrected chi connectivity index (χ1v) is 10.7. The minimum atomic E-state index is 0.567. The van der Waals surface area contributed by atoms with Crippen LogP contribution in [0.4, 0.5) is 0 Å². The van der Waals surface area contributed by atoms with Crippen molar-refractivity contribution in [2.45, 2.75) is 59.4 Å². The van der Waals surface area contributed by atoms with Gasteiger partial charge in [0.05, 0.1) is 5.71 Å². The van der Waals surface area contributed by atoms with E-state index in [-0.39, 0.29) is 0 Å². The van der Waals surface area contributed by atoms with Gasteiger partial charge in [0.25, 0.3) is 0 Å². The highest BCUT2D eigenvalue weighted by Crippen LogP contribution is 2.34. The molecule has 0 atom stereocenters. The third-order valence-corrected chi connectivity index (χ3v) is 6.35. The van der Waals surface area contributed by atoms with E-state index in [2.05, 4.69) is 58.9 Å². The molecular formula is C22H26N4S. The van der Waals surface area contributed by atoms with Crippen molar-refractivity contribution in [3.05, 3.63) is 63.5 Å². The van der Waals surface area contributed by atoms with Gasteiger partial charge in [-0.3, -0.25) is 9.56 Å². The Kier molecular flexibility index (Phi) is 5.21. The quantitative estimate of drug-likeness (QED) is 0.538. The lowest BCUT2D eigenvalue weighted by Crippen LogP contribution is -2.06. The van der Waals surface area contributed by atoms with Gasteiger partial charge in [0.15, 0.2) is 5.82 Å². The maximum absolute atomic E-state index is 4.97. The van der Waals surface area contributed by atoms with Crippen molar-refractivity contribution < 1.29 is 0 Å². The summed E-state index contributed by atoms with van der Waals surface area (Å²) in [6.45, 7) is 7.01. The highest BCUT2D eigenvalue weighted by molar-refractivity contribution is 7.15. The van der Waals surface area contributed by atoms with Crippen molar-refractivity contribution >= 4 is 17.0 Å². The summed E-state index contributed by atoms with van der Waals surface area (Å²) in [5, 5.41) is 9.89. The molecule has 0 saturated heterocycles. The Morgan fingerprint density at radius 3 is 2.70 bits per heavy atom. The third-order valence-electron chi connectivity index (χ3n) is 5.17. The molecule has 4 rings (SSSR count). The van der Waals surface area contributed by atoms with Crippen LogP contribution in [0.15, 0.2) is 35.3 Å². The Balaban J connectivity index is 1.78. The molecule has 1 aliphatic heterocycles. The van der Waals surface area contributed by atoms with E-state index in [0.29, 0.717) is 6.54 Å². The van der Waals surface area contributed by atoms with Gasteiger partial charge >= 0.3 is 0 Å². The zero-order valence-electron chi connectivity index (χ0n) is 16.3. The highest BCUT2D eigenvalue weighted by atomic mass is 32.1. The Morgan fingerprint density at radius 1 is 1.04 bits per heavy atom. The first kappa shape index (κ1) is 18.1. The lowest BCUT2D eigenvalue weighted by molar-refractivity contribution is 0.670. The van der Waals surface area contributed by atoms with Crippen LogP contribution in [0, 0.1) is 13.8 Å². The predicted octanol–water partition coefficient (Wildman–Crippen LogP) is 5.42. The first-order valence-electron chi connectivity index (χ1n) is 9.84. The van der Waals surface area contributed by atoms with Gasteiger partial charge in [0.2, 0.25) is 0 Å². The zero-order chi connectivity index (χ0) is 18.8. The maximum atomic E-state index is 4.97. The highest BCUT2D eigenvalue weighted by Gasteiger charge is 2.24. The molecule has 0 aliphatic carbocycles. The SMILES string of the molecule is CCCCCCc1cc2c(s1)-n1c(C)nnc1CN=C2c1ccccc1C. The molecule has 0 amide bonds. The number of benzene rings is 1. The molecule has 140 valence electrons. The molecule has 3 aromatic rings. The molecule has 1 aromatic carbocycles. The van der Waals surface area contributed by atoms with Crippen molar-refractivity contribution in [2.75, 3.05) is 0 Å². The molecule has 0 saturated carbocycles. The average Bonchev–Trinajstić information content (AvgIpc) is 3.20. The number of rotatable bonds is 6. The van der Waals surface area contributed by atoms with Gasteiger partial charge in [0, 0.05) is 16.0 Å². The summed E-state index contributed by atoms with van der Waals surface area (Å²) in [5.74, 6) is 1.86. The lowest BCUT2D eigenvalue weighted by Gasteiger charge is -2.09. The maximum Gasteiger partial charge on any atom is 0.160 e. The van der Waals surface area contributed by atoms with Crippen LogP contribution in [-0.4, -0.2) is 20.5 Å². The molecule has 5 heteroatoms. The fourth-order valence-corrected chi connectivity index (χ4v) is 4.96. The van der Waals surface area contributed by atoms with Gasteiger partial charge in [-0.15, -0.1) is 21.5 Å². The minimum absolute atomic E-state index is 0.567. The smallest absolute Gasteiger partial charge is 0.160 e. The number of hydrogen-bond acceptors (Lipinski definition) is 4. The lowest BCUT2D eigenvalue weighted by atomic mass is 9.99. The number of fused-ring (bicyclic) bond motifs is 3. The molecule has 2 aromatic heterocycles. The van der Waals surface area contributed by atoms with Crippen molar-refractivity contribution in [3.8, 4) is 5.00 Å². The summed E-state index contributed by atoms with van der Waals surface area (Å²) in [6, 6.07) is 10.9. The monoisotopic (exact) mass is 378 g/mol. The average molecular weight is 379 g/mol. The first-order chi connectivity index (χ1) is 13.2. The van der Waals surface area contributed by atoms with E-state index >= 15 is 0 Å². The number of aliphatic imine (C=N–C) groups is 1. The van der Waals surface area contributed by atoms with Gasteiger partial charge in [-0.2, -0.15) is 0 Å². The Hall–Kier alpha value is -2.27. The Morgan fingerprint density at radius 2 is 1.89 bits per heavy atom. The molecule has 27 heavy (non-hydrogen) atoms. The van der Waals surface area contributed by atoms with Crippen LogP contribution in [0.3, 0.4) is 0 Å². The summed E-state index contributed by atoms with van der Waals surface area (Å²) < 4.78 is 2.20. The number of aromatic nitrogens is 3. The summed E-state index contributed by atoms with van der Waals surface area (Å²) in [5.41, 5.74) is 4.78. The minimum Gasteiger partial charge on any atom is -0.276 e. The van der Waals surface area contributed by atoms with Crippen LogP contribution < -0.4 is 0 Å². The van der Waals surface area contributed by atoms with Gasteiger partial charge in [-0.25, -0.2) is 0 Å². The molecule has 1 aliphatic rings. The molecule has 0 unspecified atom stereocenters. The second-order valence-electron chi connectivity index (χ2n) is 7.22. The van der Waals surface area contributed by atoms with Crippen LogP contribution in [-0.2, 0) is 13.0 Å². The molecule has 0 spiro atoms. The molecule has 0 fully saturated rings. The zero-order valence-corrected chi connectivity index (χ0v) is 17.1. The third kappa shape index (κ3) is 3.48. The largest absolute Gasteiger partial charge is 0.276 e. The molecule has 0 radical (unpaired) electrons. The molecule has 0 N–H and O–H groups in total. The van der Waals surface area contributed by atoms with E-state index in [1.54, 1.807) is 0 Å². The van der Waals surface area contributed by atoms with E-state index in [9.17, 15) is 0 Å². The normalized spacial score (nSPS) is 13.1. The van der Waals surface area contributed by atoms with Crippen LogP contribution in [0.5, 0.6) is 0 Å². The van der Waals surface area contributed by atoms with Gasteiger partial charge < -0.3 is 0 Å². The van der Waals surface area contributed by atoms with E-state index in [0.717, 1.165) is 23.8 Å². The topological polar surface area (TPSA) is 43.1 Å². The number of unbranched alkanes of at least 4 members (excludes halogenated alkanes) is 3. The van der Waals surface area contributed by atoms with E-state index in [1.807, 2.05) is 18.3 Å². The fourth-order valence-electron chi connectivity index (χ4n) is 3.69. The molecule has 3 heterocycles. The summed E-state index contributed by atoms with van der Waals surface area (Å²) in [6.07, 6.45) is 6.27. The number of hydrogen-bond donors (Lipinski definition) is 0. The molecule has 4 nitrogen and oxygen atoms in total. The van der Waals surface area contributed by atoms with Crippen molar-refractivity contribution in [3.63, 3.8) is 0 Å². The Labute approximate surface area is 165 Å². The summed E-state index contributed by atoms with van der Waals surface area (Å²) >= 11 is 1.87. The van der Waals surface area contributed by atoms with Crippen LogP contribution >= 0.6 is 11.3 Å². The summed E-state index contributed by atoms with van der Waals surface area (Å²) in [4.78, 5) is 6.40. The van der Waals surface area contributed by atoms with Gasteiger partial charge in [-0.1, -0.05) is 50.5 Å². The second kappa shape index (κ2) is 7.77. The summed E-state index contributed by atoms with van der Waals surface area (Å²) in [7, 11) is 0. The predicted molar refractivity (Wildman–Crippen MR) is 112 cm³/mol. The number of thiophene rings is 1. The van der Waals surface area contributed by atoms with Gasteiger partial charge in [0.1, 0.15) is 17.4 Å².